The van der Waals surface area contributed by atoms with Crippen molar-refractivity contribution in [2.75, 3.05) is 19.5 Å². The Bertz CT molecular complexity index is 880. The van der Waals surface area contributed by atoms with E-state index < -0.39 is 0 Å². The fourth-order valence-electron chi connectivity index (χ4n) is 2.26. The molecule has 0 saturated heterocycles. The second-order valence-corrected chi connectivity index (χ2v) is 5.44. The summed E-state index contributed by atoms with van der Waals surface area (Å²) in [6.07, 6.45) is 3.03. The first-order chi connectivity index (χ1) is 12.1. The van der Waals surface area contributed by atoms with Gasteiger partial charge in [0.2, 0.25) is 0 Å². The van der Waals surface area contributed by atoms with Crippen molar-refractivity contribution in [2.24, 2.45) is 0 Å². The van der Waals surface area contributed by atoms with Crippen LogP contribution in [0.2, 0.25) is 5.02 Å². The van der Waals surface area contributed by atoms with E-state index in [1.807, 2.05) is 0 Å². The summed E-state index contributed by atoms with van der Waals surface area (Å²) < 4.78 is 12.0. The Hall–Kier alpha value is -3.06. The molecule has 0 radical (unpaired) electrons. The van der Waals surface area contributed by atoms with Gasteiger partial charge in [-0.2, -0.15) is 5.10 Å². The summed E-state index contributed by atoms with van der Waals surface area (Å²) in [6, 6.07) is 10.2. The van der Waals surface area contributed by atoms with Gasteiger partial charge in [-0.25, -0.2) is 9.67 Å². The average Bonchev–Trinajstić information content (AvgIpc) is 3.17. The van der Waals surface area contributed by atoms with Gasteiger partial charge in [0.15, 0.2) is 0 Å². The zero-order valence-corrected chi connectivity index (χ0v) is 14.3. The van der Waals surface area contributed by atoms with Crippen LogP contribution in [-0.4, -0.2) is 34.9 Å². The molecule has 8 heteroatoms. The standard InChI is InChI=1S/C17H15ClN4O3/c1-24-15-8-14(16(25-2)7-13(15)18)21-17(23)11-3-5-12(6-4-11)22-10-19-9-20-22/h3-10H,1-2H3,(H,21,23). The summed E-state index contributed by atoms with van der Waals surface area (Å²) in [5.41, 5.74) is 1.76. The van der Waals surface area contributed by atoms with Crippen LogP contribution >= 0.6 is 11.6 Å². The highest BCUT2D eigenvalue weighted by Crippen LogP contribution is 2.36. The summed E-state index contributed by atoms with van der Waals surface area (Å²) in [5.74, 6) is 0.602. The van der Waals surface area contributed by atoms with Crippen LogP contribution in [0.4, 0.5) is 5.69 Å². The van der Waals surface area contributed by atoms with Crippen molar-refractivity contribution in [3.05, 3.63) is 59.6 Å². The van der Waals surface area contributed by atoms with Gasteiger partial charge in [0.25, 0.3) is 5.91 Å². The number of hydrogen-bond acceptors (Lipinski definition) is 5. The molecule has 0 atom stereocenters. The molecule has 0 aliphatic carbocycles. The second kappa shape index (κ2) is 7.23. The zero-order valence-electron chi connectivity index (χ0n) is 13.6. The van der Waals surface area contributed by atoms with Gasteiger partial charge in [-0.3, -0.25) is 4.79 Å². The number of hydrogen-bond donors (Lipinski definition) is 1. The van der Waals surface area contributed by atoms with E-state index in [1.165, 1.54) is 20.5 Å². The number of amides is 1. The smallest absolute Gasteiger partial charge is 0.255 e. The minimum Gasteiger partial charge on any atom is -0.495 e. The van der Waals surface area contributed by atoms with Crippen molar-refractivity contribution in [2.45, 2.75) is 0 Å². The van der Waals surface area contributed by atoms with Crippen LogP contribution in [0.3, 0.4) is 0 Å². The summed E-state index contributed by atoms with van der Waals surface area (Å²) in [7, 11) is 3.00. The van der Waals surface area contributed by atoms with Crippen LogP contribution in [0.5, 0.6) is 11.5 Å². The van der Waals surface area contributed by atoms with E-state index in [0.29, 0.717) is 27.8 Å². The monoisotopic (exact) mass is 358 g/mol. The van der Waals surface area contributed by atoms with Crippen LogP contribution < -0.4 is 14.8 Å². The Balaban J connectivity index is 1.82. The lowest BCUT2D eigenvalue weighted by molar-refractivity contribution is 0.102. The molecule has 0 saturated carbocycles. The number of carbonyl (C=O) groups excluding carboxylic acids is 1. The quantitative estimate of drug-likeness (QED) is 0.757. The van der Waals surface area contributed by atoms with Crippen molar-refractivity contribution >= 4 is 23.2 Å². The first-order valence-corrected chi connectivity index (χ1v) is 7.68. The lowest BCUT2D eigenvalue weighted by Gasteiger charge is -2.13. The molecule has 128 valence electrons. The van der Waals surface area contributed by atoms with E-state index in [4.69, 9.17) is 21.1 Å². The van der Waals surface area contributed by atoms with Crippen molar-refractivity contribution in [1.82, 2.24) is 14.8 Å². The molecule has 1 amide bonds. The van der Waals surface area contributed by atoms with Crippen LogP contribution in [0.1, 0.15) is 10.4 Å². The number of halogens is 1. The molecular weight excluding hydrogens is 344 g/mol. The van der Waals surface area contributed by atoms with Gasteiger partial charge in [-0.15, -0.1) is 0 Å². The lowest BCUT2D eigenvalue weighted by Crippen LogP contribution is -2.13. The lowest BCUT2D eigenvalue weighted by atomic mass is 10.2. The third kappa shape index (κ3) is 3.56. The Morgan fingerprint density at radius 2 is 1.84 bits per heavy atom. The number of benzene rings is 2. The number of ether oxygens (including phenoxy) is 2. The predicted octanol–water partition coefficient (Wildman–Crippen LogP) is 3.19. The zero-order chi connectivity index (χ0) is 17.8. The van der Waals surface area contributed by atoms with E-state index in [1.54, 1.807) is 47.4 Å². The molecule has 0 unspecified atom stereocenters. The minimum absolute atomic E-state index is 0.284. The molecule has 3 rings (SSSR count). The number of anilines is 1. The number of aromatic nitrogens is 3. The van der Waals surface area contributed by atoms with E-state index in [0.717, 1.165) is 5.69 Å². The van der Waals surface area contributed by atoms with Crippen molar-refractivity contribution in [3.8, 4) is 17.2 Å². The molecule has 0 spiro atoms. The molecule has 1 aromatic heterocycles. The number of rotatable bonds is 5. The Kier molecular flexibility index (Phi) is 4.85. The van der Waals surface area contributed by atoms with E-state index >= 15 is 0 Å². The third-order valence-corrected chi connectivity index (χ3v) is 3.83. The molecular formula is C17H15ClN4O3. The first-order valence-electron chi connectivity index (χ1n) is 7.30. The molecule has 3 aromatic rings. The van der Waals surface area contributed by atoms with Crippen molar-refractivity contribution in [1.29, 1.82) is 0 Å². The number of methoxy groups -OCH3 is 2. The summed E-state index contributed by atoms with van der Waals surface area (Å²) in [5, 5.41) is 7.24. The highest BCUT2D eigenvalue weighted by Gasteiger charge is 2.14. The molecule has 7 nitrogen and oxygen atoms in total. The van der Waals surface area contributed by atoms with Gasteiger partial charge >= 0.3 is 0 Å². The van der Waals surface area contributed by atoms with Crippen LogP contribution in [-0.2, 0) is 0 Å². The Labute approximate surface area is 149 Å². The predicted molar refractivity (Wildman–Crippen MR) is 93.9 cm³/mol. The molecule has 2 aromatic carbocycles. The summed E-state index contributed by atoms with van der Waals surface area (Å²) in [4.78, 5) is 16.4. The molecule has 1 heterocycles. The fraction of sp³-hybridized carbons (Fsp3) is 0.118. The SMILES string of the molecule is COc1cc(NC(=O)c2ccc(-n3cncn3)cc2)c(OC)cc1Cl. The van der Waals surface area contributed by atoms with Crippen LogP contribution in [0, 0.1) is 0 Å². The van der Waals surface area contributed by atoms with Crippen molar-refractivity contribution in [3.63, 3.8) is 0 Å². The largest absolute Gasteiger partial charge is 0.495 e. The van der Waals surface area contributed by atoms with Gasteiger partial charge in [0, 0.05) is 17.7 Å². The third-order valence-electron chi connectivity index (χ3n) is 3.53. The maximum absolute atomic E-state index is 12.5. The van der Waals surface area contributed by atoms with Gasteiger partial charge in [-0.05, 0) is 24.3 Å². The fourth-order valence-corrected chi connectivity index (χ4v) is 2.49. The summed E-state index contributed by atoms with van der Waals surface area (Å²) >= 11 is 6.07. The average molecular weight is 359 g/mol. The van der Waals surface area contributed by atoms with Gasteiger partial charge in [-0.1, -0.05) is 11.6 Å². The van der Waals surface area contributed by atoms with Gasteiger partial charge in [0.05, 0.1) is 30.6 Å². The number of carbonyl (C=O) groups is 1. The maximum atomic E-state index is 12.5. The highest BCUT2D eigenvalue weighted by atomic mass is 35.5. The Morgan fingerprint density at radius 3 is 2.44 bits per heavy atom. The number of nitrogens with one attached hydrogen (secondary N) is 1. The number of nitrogens with zero attached hydrogens (tertiary/aromatic N) is 3. The second-order valence-electron chi connectivity index (χ2n) is 5.03. The first kappa shape index (κ1) is 16.8. The molecule has 0 aliphatic rings. The minimum atomic E-state index is -0.284. The van der Waals surface area contributed by atoms with E-state index in [2.05, 4.69) is 15.4 Å². The van der Waals surface area contributed by atoms with Crippen LogP contribution in [0.15, 0.2) is 49.1 Å². The molecule has 1 N–H and O–H groups in total. The van der Waals surface area contributed by atoms with E-state index in [-0.39, 0.29) is 5.91 Å². The van der Waals surface area contributed by atoms with Crippen LogP contribution in [0.25, 0.3) is 5.69 Å². The Morgan fingerprint density at radius 1 is 1.12 bits per heavy atom. The van der Waals surface area contributed by atoms with Crippen molar-refractivity contribution < 1.29 is 14.3 Å². The van der Waals surface area contributed by atoms with E-state index in [9.17, 15) is 4.79 Å². The summed E-state index contributed by atoms with van der Waals surface area (Å²) in [6.45, 7) is 0. The topological polar surface area (TPSA) is 78.3 Å². The molecule has 0 fully saturated rings. The normalized spacial score (nSPS) is 10.4. The maximum Gasteiger partial charge on any atom is 0.255 e. The molecule has 25 heavy (non-hydrogen) atoms. The molecule has 0 bridgehead atoms. The highest BCUT2D eigenvalue weighted by molar-refractivity contribution is 6.32. The molecule has 0 aliphatic heterocycles. The van der Waals surface area contributed by atoms with Gasteiger partial charge in [0.1, 0.15) is 24.2 Å². The van der Waals surface area contributed by atoms with Gasteiger partial charge < -0.3 is 14.8 Å².